The number of halogens is 2. The average Bonchev–Trinajstić information content (AvgIpc) is 2.00. The molecule has 0 spiro atoms. The lowest BCUT2D eigenvalue weighted by Crippen LogP contribution is -2.09. The fourth-order valence-corrected chi connectivity index (χ4v) is 3.54. The quantitative estimate of drug-likeness (QED) is 0.558. The van der Waals surface area contributed by atoms with Crippen LogP contribution in [0, 0.1) is 11.8 Å². The van der Waals surface area contributed by atoms with Crippen LogP contribution < -0.4 is 0 Å². The maximum Gasteiger partial charge on any atom is 0.0310 e. The van der Waals surface area contributed by atoms with Crippen LogP contribution in [0.2, 0.25) is 0 Å². The number of thioether (sulfide) groups is 1. The highest BCUT2D eigenvalue weighted by Gasteiger charge is 2.09. The van der Waals surface area contributed by atoms with E-state index in [-0.39, 0.29) is 0 Å². The molecular weight excluding hydrogens is 247 g/mol. The highest BCUT2D eigenvalue weighted by molar-refractivity contribution is 7.99. The first-order valence-corrected chi connectivity index (χ1v) is 7.80. The van der Waals surface area contributed by atoms with Gasteiger partial charge in [-0.15, -0.1) is 23.2 Å². The van der Waals surface area contributed by atoms with E-state index < -0.39 is 0 Å². The van der Waals surface area contributed by atoms with Crippen LogP contribution in [-0.2, 0) is 0 Å². The summed E-state index contributed by atoms with van der Waals surface area (Å²) in [6.07, 6.45) is 2.24. The Morgan fingerprint density at radius 1 is 0.800 bits per heavy atom. The van der Waals surface area contributed by atoms with Crippen molar-refractivity contribution >= 4 is 35.0 Å². The molecule has 0 aliphatic rings. The van der Waals surface area contributed by atoms with Crippen LogP contribution in [0.4, 0.5) is 0 Å². The highest BCUT2D eigenvalue weighted by atomic mass is 35.5. The standard InChI is InChI=1S/C12H24Cl2S/c1-9(5-11(3)13)7-15-8-10(2)6-12(4)14/h9-12H,5-8H2,1-4H3. The van der Waals surface area contributed by atoms with Crippen molar-refractivity contribution in [3.05, 3.63) is 0 Å². The van der Waals surface area contributed by atoms with E-state index in [1.165, 1.54) is 11.5 Å². The molecule has 0 aromatic carbocycles. The summed E-state index contributed by atoms with van der Waals surface area (Å²) in [6.45, 7) is 8.70. The Balaban J connectivity index is 3.44. The molecule has 4 unspecified atom stereocenters. The topological polar surface area (TPSA) is 0 Å². The van der Waals surface area contributed by atoms with Gasteiger partial charge in [-0.05, 0) is 50.0 Å². The summed E-state index contributed by atoms with van der Waals surface area (Å²) < 4.78 is 0. The Labute approximate surface area is 109 Å². The molecule has 4 atom stereocenters. The third-order valence-corrected chi connectivity index (χ3v) is 4.22. The molecule has 0 fully saturated rings. The number of hydrogen-bond acceptors (Lipinski definition) is 1. The Bertz CT molecular complexity index is 133. The van der Waals surface area contributed by atoms with E-state index in [0.29, 0.717) is 10.8 Å². The number of hydrogen-bond donors (Lipinski definition) is 0. The highest BCUT2D eigenvalue weighted by Crippen LogP contribution is 2.20. The summed E-state index contributed by atoms with van der Waals surface area (Å²) in [6, 6.07) is 0. The van der Waals surface area contributed by atoms with Gasteiger partial charge in [-0.3, -0.25) is 0 Å². The fourth-order valence-electron chi connectivity index (χ4n) is 1.72. The largest absolute Gasteiger partial charge is 0.161 e. The first-order chi connectivity index (χ1) is 6.91. The average molecular weight is 271 g/mol. The molecule has 0 bridgehead atoms. The van der Waals surface area contributed by atoms with Crippen LogP contribution in [0.3, 0.4) is 0 Å². The first kappa shape index (κ1) is 15.9. The molecule has 0 rings (SSSR count). The zero-order valence-electron chi connectivity index (χ0n) is 10.3. The molecule has 0 radical (unpaired) electrons. The van der Waals surface area contributed by atoms with E-state index in [1.807, 2.05) is 11.8 Å². The number of rotatable bonds is 8. The van der Waals surface area contributed by atoms with Crippen molar-refractivity contribution in [2.45, 2.75) is 51.3 Å². The predicted octanol–water partition coefficient (Wildman–Crippen LogP) is 5.03. The molecule has 15 heavy (non-hydrogen) atoms. The van der Waals surface area contributed by atoms with E-state index in [1.54, 1.807) is 0 Å². The summed E-state index contributed by atoms with van der Waals surface area (Å²) in [4.78, 5) is 0. The van der Waals surface area contributed by atoms with E-state index >= 15 is 0 Å². The van der Waals surface area contributed by atoms with Crippen molar-refractivity contribution in [3.63, 3.8) is 0 Å². The number of alkyl halides is 2. The zero-order valence-corrected chi connectivity index (χ0v) is 12.6. The van der Waals surface area contributed by atoms with Gasteiger partial charge >= 0.3 is 0 Å². The Morgan fingerprint density at radius 2 is 1.13 bits per heavy atom. The normalized spacial score (nSPS) is 19.6. The zero-order chi connectivity index (χ0) is 11.8. The lowest BCUT2D eigenvalue weighted by Gasteiger charge is -2.15. The fraction of sp³-hybridized carbons (Fsp3) is 1.00. The second-order valence-electron chi connectivity index (χ2n) is 4.78. The molecule has 0 heterocycles. The van der Waals surface area contributed by atoms with Crippen LogP contribution in [-0.4, -0.2) is 22.3 Å². The molecule has 0 saturated heterocycles. The molecule has 0 aliphatic heterocycles. The van der Waals surface area contributed by atoms with E-state index in [4.69, 9.17) is 23.2 Å². The Morgan fingerprint density at radius 3 is 1.40 bits per heavy atom. The van der Waals surface area contributed by atoms with Gasteiger partial charge < -0.3 is 0 Å². The van der Waals surface area contributed by atoms with Gasteiger partial charge in [-0.25, -0.2) is 0 Å². The van der Waals surface area contributed by atoms with Crippen molar-refractivity contribution in [3.8, 4) is 0 Å². The minimum atomic E-state index is 0.306. The molecule has 0 aromatic heterocycles. The minimum Gasteiger partial charge on any atom is -0.161 e. The van der Waals surface area contributed by atoms with Crippen LogP contribution >= 0.6 is 35.0 Å². The Kier molecular flexibility index (Phi) is 9.57. The summed E-state index contributed by atoms with van der Waals surface area (Å²) in [5.41, 5.74) is 0. The Hall–Kier alpha value is 0.930. The lowest BCUT2D eigenvalue weighted by atomic mass is 10.1. The van der Waals surface area contributed by atoms with Crippen LogP contribution in [0.1, 0.15) is 40.5 Å². The van der Waals surface area contributed by atoms with Gasteiger partial charge in [0.25, 0.3) is 0 Å². The summed E-state index contributed by atoms with van der Waals surface area (Å²) >= 11 is 13.9. The second kappa shape index (κ2) is 9.01. The molecule has 0 aromatic rings. The van der Waals surface area contributed by atoms with Gasteiger partial charge in [-0.1, -0.05) is 13.8 Å². The summed E-state index contributed by atoms with van der Waals surface area (Å²) in [7, 11) is 0. The van der Waals surface area contributed by atoms with Crippen molar-refractivity contribution in [1.29, 1.82) is 0 Å². The third kappa shape index (κ3) is 11.2. The molecular formula is C12H24Cl2S. The van der Waals surface area contributed by atoms with Crippen LogP contribution in [0.25, 0.3) is 0 Å². The van der Waals surface area contributed by atoms with Crippen LogP contribution in [0.15, 0.2) is 0 Å². The monoisotopic (exact) mass is 270 g/mol. The molecule has 0 nitrogen and oxygen atoms in total. The summed E-state index contributed by atoms with van der Waals surface area (Å²) in [5, 5.41) is 0.613. The van der Waals surface area contributed by atoms with Gasteiger partial charge in [0, 0.05) is 10.8 Å². The third-order valence-electron chi connectivity index (χ3n) is 2.26. The van der Waals surface area contributed by atoms with Crippen molar-refractivity contribution < 1.29 is 0 Å². The van der Waals surface area contributed by atoms with Crippen molar-refractivity contribution in [2.75, 3.05) is 11.5 Å². The molecule has 92 valence electrons. The van der Waals surface area contributed by atoms with Crippen molar-refractivity contribution in [2.24, 2.45) is 11.8 Å². The molecule has 0 amide bonds. The van der Waals surface area contributed by atoms with Gasteiger partial charge in [0.1, 0.15) is 0 Å². The second-order valence-corrected chi connectivity index (χ2v) is 7.35. The minimum absolute atomic E-state index is 0.306. The van der Waals surface area contributed by atoms with Gasteiger partial charge in [0.05, 0.1) is 0 Å². The smallest absolute Gasteiger partial charge is 0.0310 e. The van der Waals surface area contributed by atoms with Gasteiger partial charge in [-0.2, -0.15) is 11.8 Å². The molecule has 0 aliphatic carbocycles. The first-order valence-electron chi connectivity index (χ1n) is 5.77. The molecule has 3 heteroatoms. The molecule has 0 saturated carbocycles. The predicted molar refractivity (Wildman–Crippen MR) is 75.5 cm³/mol. The SMILES string of the molecule is CC(Cl)CC(C)CSCC(C)CC(C)Cl. The molecule has 0 N–H and O–H groups in total. The maximum atomic E-state index is 5.96. The lowest BCUT2D eigenvalue weighted by molar-refractivity contribution is 0.577. The maximum absolute atomic E-state index is 5.96. The van der Waals surface area contributed by atoms with E-state index in [9.17, 15) is 0 Å². The van der Waals surface area contributed by atoms with E-state index in [2.05, 4.69) is 27.7 Å². The van der Waals surface area contributed by atoms with Crippen LogP contribution in [0.5, 0.6) is 0 Å². The van der Waals surface area contributed by atoms with Gasteiger partial charge in [0.15, 0.2) is 0 Å². The van der Waals surface area contributed by atoms with Gasteiger partial charge in [0.2, 0.25) is 0 Å². The summed E-state index contributed by atoms with van der Waals surface area (Å²) in [5.74, 6) is 3.89. The van der Waals surface area contributed by atoms with Crippen molar-refractivity contribution in [1.82, 2.24) is 0 Å². The van der Waals surface area contributed by atoms with E-state index in [0.717, 1.165) is 24.7 Å².